The molecule has 2 aromatic carbocycles. The monoisotopic (exact) mass is 281 g/mol. The molecule has 0 aliphatic carbocycles. The summed E-state index contributed by atoms with van der Waals surface area (Å²) in [7, 11) is -2.76. The number of rotatable bonds is 2. The van der Waals surface area contributed by atoms with E-state index >= 15 is 0 Å². The summed E-state index contributed by atoms with van der Waals surface area (Å²) in [6.45, 7) is 3.41. The maximum Gasteiger partial charge on any atom is 0.297 e. The highest BCUT2D eigenvalue weighted by atomic mass is 32.2. The van der Waals surface area contributed by atoms with E-state index in [1.54, 1.807) is 26.0 Å². The molecule has 0 saturated heterocycles. The summed E-state index contributed by atoms with van der Waals surface area (Å²) in [5.74, 6) is -0.00810. The Bertz CT molecular complexity index is 758. The molecule has 0 atom stereocenters. The summed E-state index contributed by atoms with van der Waals surface area (Å²) in [5, 5.41) is 10.8. The summed E-state index contributed by atoms with van der Waals surface area (Å²) in [5.41, 5.74) is 7.52. The van der Waals surface area contributed by atoms with Crippen molar-refractivity contribution in [3.8, 4) is 5.75 Å². The fraction of sp³-hybridized carbons (Fsp3) is 0.231. The van der Waals surface area contributed by atoms with Crippen LogP contribution in [-0.4, -0.2) is 20.6 Å². The molecule has 19 heavy (non-hydrogen) atoms. The van der Waals surface area contributed by atoms with Gasteiger partial charge in [-0.25, -0.2) is 0 Å². The number of phenolic OH excluding ortho intramolecular Hbond substituents is 1. The van der Waals surface area contributed by atoms with Gasteiger partial charge in [0.25, 0.3) is 10.1 Å². The highest BCUT2D eigenvalue weighted by Crippen LogP contribution is 2.38. The van der Waals surface area contributed by atoms with Gasteiger partial charge in [-0.15, -0.1) is 0 Å². The summed E-state index contributed by atoms with van der Waals surface area (Å²) < 4.78 is 28.4. The smallest absolute Gasteiger partial charge is 0.297 e. The molecule has 6 heteroatoms. The van der Waals surface area contributed by atoms with Crippen LogP contribution in [0.2, 0.25) is 0 Å². The Hall–Kier alpha value is -1.79. The van der Waals surface area contributed by atoms with Crippen LogP contribution in [0.15, 0.2) is 23.1 Å². The molecule has 0 spiro atoms. The van der Waals surface area contributed by atoms with Gasteiger partial charge in [-0.05, 0) is 31.0 Å². The highest BCUT2D eigenvalue weighted by molar-refractivity contribution is 7.87. The fourth-order valence-electron chi connectivity index (χ4n) is 2.02. The molecular weight excluding hydrogens is 266 g/mol. The topological polar surface area (TPSA) is 89.6 Å². The van der Waals surface area contributed by atoms with Gasteiger partial charge < -0.3 is 10.8 Å². The van der Waals surface area contributed by atoms with Crippen LogP contribution in [0.1, 0.15) is 11.1 Å². The lowest BCUT2D eigenvalue weighted by atomic mass is 10.0. The first-order valence-corrected chi connectivity index (χ1v) is 7.02. The fourth-order valence-corrected chi connectivity index (χ4v) is 2.96. The lowest BCUT2D eigenvalue weighted by molar-refractivity contribution is 0.398. The number of nitrogen functional groups attached to an aromatic ring is 1. The number of aryl methyl sites for hydroxylation is 2. The van der Waals surface area contributed by atoms with Crippen molar-refractivity contribution in [1.29, 1.82) is 0 Å². The zero-order valence-corrected chi connectivity index (χ0v) is 11.7. The maximum atomic E-state index is 11.9. The van der Waals surface area contributed by atoms with Gasteiger partial charge in [0.1, 0.15) is 10.6 Å². The highest BCUT2D eigenvalue weighted by Gasteiger charge is 2.21. The van der Waals surface area contributed by atoms with Gasteiger partial charge in [-0.1, -0.05) is 12.1 Å². The molecule has 0 bridgehead atoms. The Morgan fingerprint density at radius 3 is 2.42 bits per heavy atom. The Kier molecular flexibility index (Phi) is 3.15. The molecule has 2 aromatic rings. The van der Waals surface area contributed by atoms with Crippen LogP contribution in [0.25, 0.3) is 10.8 Å². The van der Waals surface area contributed by atoms with E-state index in [1.165, 1.54) is 6.07 Å². The number of benzene rings is 2. The zero-order valence-electron chi connectivity index (χ0n) is 10.9. The molecule has 0 unspecified atom stereocenters. The largest absolute Gasteiger partial charge is 0.507 e. The van der Waals surface area contributed by atoms with E-state index in [0.717, 1.165) is 7.11 Å². The third-order valence-electron chi connectivity index (χ3n) is 3.18. The van der Waals surface area contributed by atoms with Crippen molar-refractivity contribution in [2.45, 2.75) is 18.7 Å². The van der Waals surface area contributed by atoms with Crippen LogP contribution >= 0.6 is 0 Å². The van der Waals surface area contributed by atoms with Gasteiger partial charge in [0.2, 0.25) is 0 Å². The zero-order chi connectivity index (χ0) is 14.4. The molecule has 5 nitrogen and oxygen atoms in total. The van der Waals surface area contributed by atoms with Gasteiger partial charge >= 0.3 is 0 Å². The van der Waals surface area contributed by atoms with Crippen LogP contribution in [0.3, 0.4) is 0 Å². The van der Waals surface area contributed by atoms with Crippen molar-refractivity contribution in [1.82, 2.24) is 0 Å². The van der Waals surface area contributed by atoms with Crippen molar-refractivity contribution in [2.24, 2.45) is 0 Å². The molecule has 3 N–H and O–H groups in total. The van der Waals surface area contributed by atoms with Crippen LogP contribution < -0.4 is 5.73 Å². The summed E-state index contributed by atoms with van der Waals surface area (Å²) in [6, 6.07) is 4.71. The molecule has 102 valence electrons. The Labute approximate surface area is 111 Å². The number of aromatic hydroxyl groups is 1. The average molecular weight is 281 g/mol. The van der Waals surface area contributed by atoms with E-state index in [9.17, 15) is 13.5 Å². The minimum atomic E-state index is -3.86. The number of nitrogens with two attached hydrogens (primary N) is 1. The predicted octanol–water partition coefficient (Wildman–Crippen LogP) is 2.08. The number of anilines is 1. The summed E-state index contributed by atoms with van der Waals surface area (Å²) >= 11 is 0. The second-order valence-corrected chi connectivity index (χ2v) is 6.06. The molecule has 0 heterocycles. The first-order valence-electron chi connectivity index (χ1n) is 5.61. The molecule has 0 fully saturated rings. The van der Waals surface area contributed by atoms with Crippen LogP contribution in [0, 0.1) is 13.8 Å². The maximum absolute atomic E-state index is 11.9. The molecule has 0 aliphatic rings. The van der Waals surface area contributed by atoms with Gasteiger partial charge in [-0.2, -0.15) is 8.42 Å². The van der Waals surface area contributed by atoms with Crippen molar-refractivity contribution >= 4 is 26.6 Å². The Morgan fingerprint density at radius 2 is 1.84 bits per heavy atom. The second kappa shape index (κ2) is 4.40. The molecule has 0 amide bonds. The SMILES string of the molecule is COS(=O)(=O)c1cc(C)c(N)c2c(O)c(C)ccc12. The first kappa shape index (κ1) is 13.6. The quantitative estimate of drug-likeness (QED) is 0.649. The summed E-state index contributed by atoms with van der Waals surface area (Å²) in [4.78, 5) is 0.00648. The van der Waals surface area contributed by atoms with E-state index in [2.05, 4.69) is 4.18 Å². The summed E-state index contributed by atoms with van der Waals surface area (Å²) in [6.07, 6.45) is 0. The van der Waals surface area contributed by atoms with Crippen molar-refractivity contribution in [3.63, 3.8) is 0 Å². The minimum absolute atomic E-state index is 0.00648. The lowest BCUT2D eigenvalue weighted by Crippen LogP contribution is -2.06. The van der Waals surface area contributed by atoms with Crippen LogP contribution in [0.4, 0.5) is 5.69 Å². The Balaban J connectivity index is 3.05. The molecular formula is C13H15NO4S. The van der Waals surface area contributed by atoms with Gasteiger partial charge in [0.05, 0.1) is 7.11 Å². The first-order chi connectivity index (χ1) is 8.79. The third kappa shape index (κ3) is 2.02. The normalized spacial score (nSPS) is 11.9. The van der Waals surface area contributed by atoms with Crippen molar-refractivity contribution in [2.75, 3.05) is 12.8 Å². The lowest BCUT2D eigenvalue weighted by Gasteiger charge is -2.13. The average Bonchev–Trinajstić information content (AvgIpc) is 2.37. The standard InChI is InChI=1S/C13H15NO4S/c1-7-4-5-9-10(19(16,17)18-3)6-8(2)12(14)11(9)13(7)15/h4-6,15H,14H2,1-3H3. The van der Waals surface area contributed by atoms with Gasteiger partial charge in [-0.3, -0.25) is 4.18 Å². The van der Waals surface area contributed by atoms with E-state index < -0.39 is 10.1 Å². The van der Waals surface area contributed by atoms with Crippen LogP contribution in [-0.2, 0) is 14.3 Å². The molecule has 2 rings (SSSR count). The van der Waals surface area contributed by atoms with Gasteiger partial charge in [0, 0.05) is 16.5 Å². The van der Waals surface area contributed by atoms with E-state index in [1.807, 2.05) is 0 Å². The number of hydrogen-bond acceptors (Lipinski definition) is 5. The third-order valence-corrected chi connectivity index (χ3v) is 4.49. The number of fused-ring (bicyclic) bond motifs is 1. The molecule has 0 aliphatic heterocycles. The molecule has 0 radical (unpaired) electrons. The van der Waals surface area contributed by atoms with Gasteiger partial charge in [0.15, 0.2) is 0 Å². The van der Waals surface area contributed by atoms with Crippen molar-refractivity contribution in [3.05, 3.63) is 29.3 Å². The Morgan fingerprint density at radius 1 is 1.21 bits per heavy atom. The predicted molar refractivity (Wildman–Crippen MR) is 73.7 cm³/mol. The molecule has 0 aromatic heterocycles. The van der Waals surface area contributed by atoms with Crippen molar-refractivity contribution < 1.29 is 17.7 Å². The number of hydrogen-bond donors (Lipinski definition) is 2. The van der Waals surface area contributed by atoms with Crippen LogP contribution in [0.5, 0.6) is 5.75 Å². The van der Waals surface area contributed by atoms with E-state index in [4.69, 9.17) is 5.73 Å². The number of phenols is 1. The molecule has 0 saturated carbocycles. The second-order valence-electron chi connectivity index (χ2n) is 4.38. The minimum Gasteiger partial charge on any atom is -0.507 e. The van der Waals surface area contributed by atoms with E-state index in [0.29, 0.717) is 27.6 Å². The van der Waals surface area contributed by atoms with E-state index in [-0.39, 0.29) is 10.6 Å².